The fourth-order valence-corrected chi connectivity index (χ4v) is 1.06. The standard InChI is InChI=1S/C11H17F3O/c1-10(7-9-15)6-4-2-3-5-8-11(12,13)14/h4,6,15H,1-3,5,7-9H2. The maximum Gasteiger partial charge on any atom is 0.389 e. The average Bonchev–Trinajstić information content (AvgIpc) is 2.09. The predicted octanol–water partition coefficient (Wildman–Crippen LogP) is 3.60. The van der Waals surface area contributed by atoms with Gasteiger partial charge in [0.05, 0.1) is 0 Å². The summed E-state index contributed by atoms with van der Waals surface area (Å²) in [5, 5.41) is 8.55. The van der Waals surface area contributed by atoms with E-state index in [2.05, 4.69) is 6.58 Å². The zero-order chi connectivity index (χ0) is 11.7. The molecule has 4 heteroatoms. The molecule has 0 aromatic rings. The normalized spacial score (nSPS) is 12.3. The molecule has 1 nitrogen and oxygen atoms in total. The Kier molecular flexibility index (Phi) is 7.13. The Labute approximate surface area is 88.3 Å². The van der Waals surface area contributed by atoms with Crippen molar-refractivity contribution < 1.29 is 18.3 Å². The van der Waals surface area contributed by atoms with Crippen LogP contribution >= 0.6 is 0 Å². The molecule has 0 radical (unpaired) electrons. The molecule has 0 aromatic heterocycles. The number of unbranched alkanes of at least 4 members (excludes halogenated alkanes) is 2. The van der Waals surface area contributed by atoms with Crippen molar-refractivity contribution in [1.82, 2.24) is 0 Å². The molecule has 1 N–H and O–H groups in total. The van der Waals surface area contributed by atoms with Gasteiger partial charge in [0.25, 0.3) is 0 Å². The van der Waals surface area contributed by atoms with Crippen LogP contribution in [-0.2, 0) is 0 Å². The van der Waals surface area contributed by atoms with Gasteiger partial charge < -0.3 is 5.11 Å². The molecule has 0 unspecified atom stereocenters. The van der Waals surface area contributed by atoms with Crippen LogP contribution in [0.4, 0.5) is 13.2 Å². The molecule has 0 aromatic carbocycles. The molecule has 0 bridgehead atoms. The van der Waals surface area contributed by atoms with E-state index in [9.17, 15) is 13.2 Å². The highest BCUT2D eigenvalue weighted by molar-refractivity contribution is 5.13. The summed E-state index contributed by atoms with van der Waals surface area (Å²) in [6, 6.07) is 0. The van der Waals surface area contributed by atoms with Crippen molar-refractivity contribution in [2.45, 2.75) is 38.3 Å². The number of allylic oxidation sites excluding steroid dienone is 2. The molecule has 0 amide bonds. The summed E-state index contributed by atoms with van der Waals surface area (Å²) in [7, 11) is 0. The lowest BCUT2D eigenvalue weighted by Gasteiger charge is -2.03. The molecular weight excluding hydrogens is 205 g/mol. The minimum Gasteiger partial charge on any atom is -0.396 e. The molecule has 0 atom stereocenters. The summed E-state index contributed by atoms with van der Waals surface area (Å²) in [5.41, 5.74) is 0.799. The molecular formula is C11H17F3O. The van der Waals surface area contributed by atoms with Crippen LogP contribution in [0.2, 0.25) is 0 Å². The van der Waals surface area contributed by atoms with E-state index in [1.165, 1.54) is 0 Å². The second-order valence-corrected chi connectivity index (χ2v) is 3.40. The summed E-state index contributed by atoms with van der Waals surface area (Å²) in [5.74, 6) is 0. The summed E-state index contributed by atoms with van der Waals surface area (Å²) in [6.45, 7) is 3.73. The summed E-state index contributed by atoms with van der Waals surface area (Å²) < 4.78 is 35.2. The molecule has 15 heavy (non-hydrogen) atoms. The van der Waals surface area contributed by atoms with Crippen molar-refractivity contribution in [3.63, 3.8) is 0 Å². The summed E-state index contributed by atoms with van der Waals surface area (Å²) in [4.78, 5) is 0. The van der Waals surface area contributed by atoms with Crippen LogP contribution < -0.4 is 0 Å². The third-order valence-electron chi connectivity index (χ3n) is 1.87. The van der Waals surface area contributed by atoms with Crippen molar-refractivity contribution >= 4 is 0 Å². The van der Waals surface area contributed by atoms with E-state index in [-0.39, 0.29) is 13.0 Å². The zero-order valence-corrected chi connectivity index (χ0v) is 8.69. The fraction of sp³-hybridized carbons (Fsp3) is 0.636. The molecule has 0 saturated carbocycles. The first-order valence-corrected chi connectivity index (χ1v) is 4.97. The Bertz CT molecular complexity index is 206. The largest absolute Gasteiger partial charge is 0.396 e. The lowest BCUT2D eigenvalue weighted by molar-refractivity contribution is -0.135. The number of hydrogen-bond acceptors (Lipinski definition) is 1. The van der Waals surface area contributed by atoms with Gasteiger partial charge in [-0.15, -0.1) is 0 Å². The van der Waals surface area contributed by atoms with E-state index < -0.39 is 12.6 Å². The quantitative estimate of drug-likeness (QED) is 0.515. The molecule has 0 rings (SSSR count). The summed E-state index contributed by atoms with van der Waals surface area (Å²) in [6.07, 6.45) is 0.642. The number of aliphatic hydroxyl groups excluding tert-OH is 1. The van der Waals surface area contributed by atoms with Crippen molar-refractivity contribution in [3.8, 4) is 0 Å². The van der Waals surface area contributed by atoms with Crippen LogP contribution in [0.5, 0.6) is 0 Å². The van der Waals surface area contributed by atoms with Crippen LogP contribution in [0.1, 0.15) is 32.1 Å². The summed E-state index contributed by atoms with van der Waals surface area (Å²) >= 11 is 0. The molecule has 88 valence electrons. The van der Waals surface area contributed by atoms with Gasteiger partial charge in [-0.2, -0.15) is 13.2 Å². The number of halogens is 3. The van der Waals surface area contributed by atoms with Gasteiger partial charge in [-0.3, -0.25) is 0 Å². The topological polar surface area (TPSA) is 20.2 Å². The number of alkyl halides is 3. The number of aliphatic hydroxyl groups is 1. The first-order chi connectivity index (χ1) is 6.95. The fourth-order valence-electron chi connectivity index (χ4n) is 1.06. The van der Waals surface area contributed by atoms with Gasteiger partial charge in [0.15, 0.2) is 0 Å². The monoisotopic (exact) mass is 222 g/mol. The van der Waals surface area contributed by atoms with Crippen molar-refractivity contribution in [2.24, 2.45) is 0 Å². The number of rotatable bonds is 7. The first-order valence-electron chi connectivity index (χ1n) is 4.97. The first kappa shape index (κ1) is 14.2. The highest BCUT2D eigenvalue weighted by Crippen LogP contribution is 2.22. The van der Waals surface area contributed by atoms with Gasteiger partial charge in [0, 0.05) is 13.0 Å². The van der Waals surface area contributed by atoms with Gasteiger partial charge in [-0.25, -0.2) is 0 Å². The highest BCUT2D eigenvalue weighted by Gasteiger charge is 2.25. The van der Waals surface area contributed by atoms with Gasteiger partial charge in [-0.05, 0) is 25.7 Å². The molecule has 0 spiro atoms. The van der Waals surface area contributed by atoms with Crippen molar-refractivity contribution in [3.05, 3.63) is 24.3 Å². The molecule has 0 aliphatic heterocycles. The maximum atomic E-state index is 11.7. The van der Waals surface area contributed by atoms with Crippen LogP contribution in [0.3, 0.4) is 0 Å². The van der Waals surface area contributed by atoms with Gasteiger partial charge in [-0.1, -0.05) is 24.3 Å². The Morgan fingerprint density at radius 2 is 1.93 bits per heavy atom. The average molecular weight is 222 g/mol. The maximum absolute atomic E-state index is 11.7. The van der Waals surface area contributed by atoms with E-state index in [4.69, 9.17) is 5.11 Å². The van der Waals surface area contributed by atoms with Crippen molar-refractivity contribution in [2.75, 3.05) is 6.61 Å². The molecule has 0 aliphatic carbocycles. The van der Waals surface area contributed by atoms with E-state index in [1.807, 2.05) is 0 Å². The molecule has 0 aliphatic rings. The second-order valence-electron chi connectivity index (χ2n) is 3.40. The van der Waals surface area contributed by atoms with E-state index in [0.717, 1.165) is 5.57 Å². The van der Waals surface area contributed by atoms with E-state index in [0.29, 0.717) is 19.3 Å². The Balaban J connectivity index is 3.42. The van der Waals surface area contributed by atoms with Crippen LogP contribution in [-0.4, -0.2) is 17.9 Å². The van der Waals surface area contributed by atoms with E-state index >= 15 is 0 Å². The third-order valence-corrected chi connectivity index (χ3v) is 1.87. The number of hydrogen-bond donors (Lipinski definition) is 1. The predicted molar refractivity (Wildman–Crippen MR) is 54.5 cm³/mol. The SMILES string of the molecule is C=C(C=CCCCCC(F)(F)F)CCO. The molecule has 0 heterocycles. The highest BCUT2D eigenvalue weighted by atomic mass is 19.4. The van der Waals surface area contributed by atoms with Crippen LogP contribution in [0.25, 0.3) is 0 Å². The lowest BCUT2D eigenvalue weighted by atomic mass is 10.1. The Hall–Kier alpha value is -0.770. The third kappa shape index (κ3) is 11.2. The zero-order valence-electron chi connectivity index (χ0n) is 8.69. The van der Waals surface area contributed by atoms with Gasteiger partial charge in [0.1, 0.15) is 0 Å². The minimum atomic E-state index is -4.04. The Morgan fingerprint density at radius 3 is 2.47 bits per heavy atom. The smallest absolute Gasteiger partial charge is 0.389 e. The van der Waals surface area contributed by atoms with E-state index in [1.54, 1.807) is 12.2 Å². The van der Waals surface area contributed by atoms with Gasteiger partial charge >= 0.3 is 6.18 Å². The Morgan fingerprint density at radius 1 is 1.27 bits per heavy atom. The molecule has 0 fully saturated rings. The van der Waals surface area contributed by atoms with Crippen LogP contribution in [0.15, 0.2) is 24.3 Å². The lowest BCUT2D eigenvalue weighted by Crippen LogP contribution is -2.05. The second kappa shape index (κ2) is 7.51. The van der Waals surface area contributed by atoms with Crippen LogP contribution in [0, 0.1) is 0 Å². The molecule has 0 saturated heterocycles. The van der Waals surface area contributed by atoms with Crippen molar-refractivity contribution in [1.29, 1.82) is 0 Å². The van der Waals surface area contributed by atoms with Gasteiger partial charge in [0.2, 0.25) is 0 Å². The minimum absolute atomic E-state index is 0.0528.